The van der Waals surface area contributed by atoms with Crippen LogP contribution in [0.1, 0.15) is 20.3 Å². The van der Waals surface area contributed by atoms with Crippen LogP contribution in [0.5, 0.6) is 11.5 Å². The number of rotatable bonds is 8. The molecular formula is C22H28N4O4. The summed E-state index contributed by atoms with van der Waals surface area (Å²) in [6, 6.07) is 8.97. The molecular weight excluding hydrogens is 384 g/mol. The Hall–Kier alpha value is -3.29. The Bertz CT molecular complexity index is 897. The molecule has 1 atom stereocenters. The average molecular weight is 412 g/mol. The lowest BCUT2D eigenvalue weighted by atomic mass is 10.1. The van der Waals surface area contributed by atoms with Crippen LogP contribution < -0.4 is 24.6 Å². The predicted octanol–water partition coefficient (Wildman–Crippen LogP) is 2.94. The van der Waals surface area contributed by atoms with E-state index < -0.39 is 5.92 Å². The van der Waals surface area contributed by atoms with Crippen molar-refractivity contribution in [1.82, 2.24) is 4.98 Å². The maximum absolute atomic E-state index is 12.8. The number of nitrogens with zero attached hydrogens (tertiary/aromatic N) is 3. The van der Waals surface area contributed by atoms with Crippen LogP contribution in [-0.2, 0) is 9.59 Å². The monoisotopic (exact) mass is 412 g/mol. The largest absolute Gasteiger partial charge is 0.497 e. The fourth-order valence-corrected chi connectivity index (χ4v) is 3.56. The first-order valence-corrected chi connectivity index (χ1v) is 10.0. The maximum atomic E-state index is 12.8. The molecule has 160 valence electrons. The fourth-order valence-electron chi connectivity index (χ4n) is 3.56. The molecule has 8 nitrogen and oxygen atoms in total. The highest BCUT2D eigenvalue weighted by molar-refractivity contribution is 6.04. The fraction of sp³-hybridized carbons (Fsp3) is 0.409. The third kappa shape index (κ3) is 4.48. The summed E-state index contributed by atoms with van der Waals surface area (Å²) in [6.07, 6.45) is 1.78. The molecule has 2 aromatic rings. The number of methoxy groups -OCH3 is 2. The van der Waals surface area contributed by atoms with Crippen molar-refractivity contribution in [2.75, 3.05) is 49.0 Å². The third-order valence-corrected chi connectivity index (χ3v) is 5.28. The van der Waals surface area contributed by atoms with Gasteiger partial charge < -0.3 is 24.6 Å². The van der Waals surface area contributed by atoms with Crippen LogP contribution in [0.4, 0.5) is 17.2 Å². The van der Waals surface area contributed by atoms with Crippen molar-refractivity contribution in [1.29, 1.82) is 0 Å². The van der Waals surface area contributed by atoms with Crippen molar-refractivity contribution in [3.05, 3.63) is 36.5 Å². The first-order valence-electron chi connectivity index (χ1n) is 10.0. The van der Waals surface area contributed by atoms with Gasteiger partial charge in [-0.25, -0.2) is 4.98 Å². The van der Waals surface area contributed by atoms with Crippen LogP contribution >= 0.6 is 0 Å². The first kappa shape index (κ1) is 21.4. The highest BCUT2D eigenvalue weighted by Crippen LogP contribution is 2.36. The van der Waals surface area contributed by atoms with Gasteiger partial charge in [-0.3, -0.25) is 9.59 Å². The van der Waals surface area contributed by atoms with E-state index in [2.05, 4.69) is 29.0 Å². The molecule has 2 amide bonds. The Morgan fingerprint density at radius 2 is 1.97 bits per heavy atom. The molecule has 0 aliphatic carbocycles. The lowest BCUT2D eigenvalue weighted by Gasteiger charge is -2.20. The topological polar surface area (TPSA) is 84.0 Å². The molecule has 30 heavy (non-hydrogen) atoms. The molecule has 2 heterocycles. The second kappa shape index (κ2) is 9.47. The number of anilines is 3. The van der Waals surface area contributed by atoms with Crippen molar-refractivity contribution in [3.63, 3.8) is 0 Å². The van der Waals surface area contributed by atoms with Crippen molar-refractivity contribution < 1.29 is 19.1 Å². The van der Waals surface area contributed by atoms with E-state index in [4.69, 9.17) is 9.47 Å². The first-order chi connectivity index (χ1) is 14.5. The Labute approximate surface area is 176 Å². The van der Waals surface area contributed by atoms with E-state index in [9.17, 15) is 9.59 Å². The van der Waals surface area contributed by atoms with Gasteiger partial charge in [0.2, 0.25) is 11.8 Å². The molecule has 1 saturated heterocycles. The zero-order valence-corrected chi connectivity index (χ0v) is 17.8. The highest BCUT2D eigenvalue weighted by atomic mass is 16.5. The second-order valence-corrected chi connectivity index (χ2v) is 7.01. The van der Waals surface area contributed by atoms with Gasteiger partial charge in [-0.1, -0.05) is 0 Å². The lowest BCUT2D eigenvalue weighted by Crippen LogP contribution is -2.28. The molecule has 0 bridgehead atoms. The minimum Gasteiger partial charge on any atom is -0.497 e. The van der Waals surface area contributed by atoms with Gasteiger partial charge in [0.15, 0.2) is 0 Å². The van der Waals surface area contributed by atoms with Gasteiger partial charge in [-0.15, -0.1) is 0 Å². The number of ether oxygens (including phenoxy) is 2. The Kier molecular flexibility index (Phi) is 6.76. The Morgan fingerprint density at radius 1 is 1.20 bits per heavy atom. The van der Waals surface area contributed by atoms with Crippen LogP contribution in [0, 0.1) is 5.92 Å². The van der Waals surface area contributed by atoms with Crippen molar-refractivity contribution in [2.45, 2.75) is 20.3 Å². The van der Waals surface area contributed by atoms with Crippen molar-refractivity contribution >= 4 is 29.0 Å². The summed E-state index contributed by atoms with van der Waals surface area (Å²) in [6.45, 7) is 6.15. The zero-order valence-electron chi connectivity index (χ0n) is 17.8. The van der Waals surface area contributed by atoms with Gasteiger partial charge in [0, 0.05) is 32.1 Å². The van der Waals surface area contributed by atoms with Gasteiger partial charge in [0.05, 0.1) is 37.7 Å². The van der Waals surface area contributed by atoms with Gasteiger partial charge in [0.25, 0.3) is 0 Å². The van der Waals surface area contributed by atoms with Crippen molar-refractivity contribution in [3.8, 4) is 11.5 Å². The summed E-state index contributed by atoms with van der Waals surface area (Å²) < 4.78 is 10.6. The number of nitrogens with one attached hydrogen (secondary N) is 1. The third-order valence-electron chi connectivity index (χ3n) is 5.28. The summed E-state index contributed by atoms with van der Waals surface area (Å²) in [7, 11) is 3.11. The molecule has 0 spiro atoms. The number of hydrogen-bond donors (Lipinski definition) is 1. The number of carbonyl (C=O) groups excluding carboxylic acids is 2. The van der Waals surface area contributed by atoms with Crippen LogP contribution in [-0.4, -0.2) is 50.7 Å². The number of amides is 2. The minimum absolute atomic E-state index is 0.128. The molecule has 3 rings (SSSR count). The predicted molar refractivity (Wildman–Crippen MR) is 116 cm³/mol. The molecule has 8 heteroatoms. The van der Waals surface area contributed by atoms with Gasteiger partial charge in [-0.2, -0.15) is 0 Å². The second-order valence-electron chi connectivity index (χ2n) is 7.01. The van der Waals surface area contributed by atoms with E-state index in [1.165, 1.54) is 0 Å². The average Bonchev–Trinajstić information content (AvgIpc) is 3.17. The summed E-state index contributed by atoms with van der Waals surface area (Å²) in [5.74, 6) is 1.25. The standard InChI is InChI=1S/C22H28N4O4/c1-5-25(6-2)20-10-7-16(13-23-20)24-22(28)15-11-21(27)26(14-15)18-12-17(29-3)8-9-19(18)30-4/h7-10,12-13,15H,5-6,11,14H2,1-4H3,(H,24,28). The number of hydrogen-bond acceptors (Lipinski definition) is 6. The van der Waals surface area contributed by atoms with Crippen LogP contribution in [0.25, 0.3) is 0 Å². The normalized spacial score (nSPS) is 15.8. The van der Waals surface area contributed by atoms with Crippen LogP contribution in [0.2, 0.25) is 0 Å². The van der Waals surface area contributed by atoms with Gasteiger partial charge in [0.1, 0.15) is 17.3 Å². The van der Waals surface area contributed by atoms with Crippen molar-refractivity contribution in [2.24, 2.45) is 5.92 Å². The molecule has 0 radical (unpaired) electrons. The molecule has 1 aromatic carbocycles. The molecule has 1 unspecified atom stereocenters. The maximum Gasteiger partial charge on any atom is 0.229 e. The number of aromatic nitrogens is 1. The molecule has 1 aromatic heterocycles. The zero-order chi connectivity index (χ0) is 21.7. The minimum atomic E-state index is -0.462. The highest BCUT2D eigenvalue weighted by Gasteiger charge is 2.36. The SMILES string of the molecule is CCN(CC)c1ccc(NC(=O)C2CC(=O)N(c3cc(OC)ccc3OC)C2)cn1. The van der Waals surface area contributed by atoms with E-state index >= 15 is 0 Å². The Morgan fingerprint density at radius 3 is 2.57 bits per heavy atom. The summed E-state index contributed by atoms with van der Waals surface area (Å²) >= 11 is 0. The molecule has 0 saturated carbocycles. The van der Waals surface area contributed by atoms with Gasteiger partial charge >= 0.3 is 0 Å². The van der Waals surface area contributed by atoms with E-state index in [0.29, 0.717) is 22.9 Å². The number of benzene rings is 1. The summed E-state index contributed by atoms with van der Waals surface area (Å²) in [5, 5.41) is 2.87. The molecule has 1 fully saturated rings. The Balaban J connectivity index is 1.70. The number of pyridine rings is 1. The lowest BCUT2D eigenvalue weighted by molar-refractivity contribution is -0.122. The van der Waals surface area contributed by atoms with Crippen LogP contribution in [0.3, 0.4) is 0 Å². The molecule has 1 aliphatic heterocycles. The summed E-state index contributed by atoms with van der Waals surface area (Å²) in [5.41, 5.74) is 1.21. The van der Waals surface area contributed by atoms with E-state index in [0.717, 1.165) is 18.9 Å². The van der Waals surface area contributed by atoms with Gasteiger partial charge in [-0.05, 0) is 38.1 Å². The summed E-state index contributed by atoms with van der Waals surface area (Å²) in [4.78, 5) is 33.5. The number of carbonyl (C=O) groups is 2. The molecule has 1 N–H and O–H groups in total. The van der Waals surface area contributed by atoms with E-state index in [1.807, 2.05) is 12.1 Å². The quantitative estimate of drug-likeness (QED) is 0.718. The van der Waals surface area contributed by atoms with Crippen LogP contribution in [0.15, 0.2) is 36.5 Å². The smallest absolute Gasteiger partial charge is 0.229 e. The molecule has 1 aliphatic rings. The van der Waals surface area contributed by atoms with E-state index in [1.54, 1.807) is 43.5 Å². The van der Waals surface area contributed by atoms with E-state index in [-0.39, 0.29) is 24.8 Å².